The topological polar surface area (TPSA) is 35.5 Å². The normalized spacial score (nSPS) is 24.2. The summed E-state index contributed by atoms with van der Waals surface area (Å²) in [7, 11) is 0. The first-order valence-electron chi connectivity index (χ1n) is 10.0. The third kappa shape index (κ3) is 4.48. The Labute approximate surface area is 171 Å². The Morgan fingerprint density at radius 2 is 1.82 bits per heavy atom. The van der Waals surface area contributed by atoms with Crippen LogP contribution in [0.15, 0.2) is 60.9 Å². The molecule has 3 atom stereocenters. The standard InChI is InChI=1S/C24H25ClO3/c25-19-10-8-18(9-11-19)22-16-28-23-15-20(12-13-21(23)24(22)26)27-14-4-7-17-5-2-1-3-6-17/h1-3,5-6,8-11,16,20-21,23H,4,7,12-15H2. The number of aryl methyl sites for hydroxylation is 1. The van der Waals surface area contributed by atoms with E-state index in [1.807, 2.05) is 18.2 Å². The molecule has 0 N–H and O–H groups in total. The van der Waals surface area contributed by atoms with Crippen LogP contribution in [-0.2, 0) is 20.7 Å². The van der Waals surface area contributed by atoms with Crippen LogP contribution in [0.3, 0.4) is 0 Å². The first kappa shape index (κ1) is 19.2. The minimum atomic E-state index is -0.0728. The lowest BCUT2D eigenvalue weighted by Crippen LogP contribution is -2.41. The van der Waals surface area contributed by atoms with E-state index in [9.17, 15) is 4.79 Å². The van der Waals surface area contributed by atoms with Gasteiger partial charge in [-0.3, -0.25) is 4.79 Å². The molecule has 146 valence electrons. The number of benzene rings is 2. The number of hydrogen-bond acceptors (Lipinski definition) is 3. The highest BCUT2D eigenvalue weighted by atomic mass is 35.5. The van der Waals surface area contributed by atoms with E-state index in [0.29, 0.717) is 10.6 Å². The van der Waals surface area contributed by atoms with E-state index >= 15 is 0 Å². The number of allylic oxidation sites excluding steroid dienone is 1. The quantitative estimate of drug-likeness (QED) is 0.607. The minimum Gasteiger partial charge on any atom is -0.496 e. The lowest BCUT2D eigenvalue weighted by atomic mass is 9.78. The van der Waals surface area contributed by atoms with Gasteiger partial charge in [-0.1, -0.05) is 54.1 Å². The van der Waals surface area contributed by atoms with E-state index in [1.54, 1.807) is 18.4 Å². The number of ketones is 1. The van der Waals surface area contributed by atoms with Gasteiger partial charge < -0.3 is 9.47 Å². The summed E-state index contributed by atoms with van der Waals surface area (Å²) in [4.78, 5) is 12.9. The maximum atomic E-state index is 12.9. The zero-order chi connectivity index (χ0) is 19.3. The first-order chi connectivity index (χ1) is 13.7. The fourth-order valence-corrected chi connectivity index (χ4v) is 4.24. The number of halogens is 1. The SMILES string of the molecule is O=C1C(c2ccc(Cl)cc2)=COC2CC(OCCCc3ccccc3)CCC12. The molecule has 2 aliphatic rings. The second kappa shape index (κ2) is 8.93. The van der Waals surface area contributed by atoms with Gasteiger partial charge in [0.1, 0.15) is 6.10 Å². The van der Waals surface area contributed by atoms with Gasteiger partial charge in [0, 0.05) is 18.1 Å². The largest absolute Gasteiger partial charge is 0.496 e. The van der Waals surface area contributed by atoms with Crippen LogP contribution in [0.25, 0.3) is 5.57 Å². The average Bonchev–Trinajstić information content (AvgIpc) is 2.73. The zero-order valence-corrected chi connectivity index (χ0v) is 16.6. The van der Waals surface area contributed by atoms with Crippen molar-refractivity contribution in [3.05, 3.63) is 77.0 Å². The molecule has 2 aromatic carbocycles. The summed E-state index contributed by atoms with van der Waals surface area (Å²) < 4.78 is 12.0. The van der Waals surface area contributed by atoms with Crippen molar-refractivity contribution in [2.45, 2.75) is 44.3 Å². The summed E-state index contributed by atoms with van der Waals surface area (Å²) in [5.41, 5.74) is 2.86. The van der Waals surface area contributed by atoms with Gasteiger partial charge in [0.15, 0.2) is 5.78 Å². The van der Waals surface area contributed by atoms with Gasteiger partial charge in [-0.2, -0.15) is 0 Å². The van der Waals surface area contributed by atoms with Crippen molar-refractivity contribution >= 4 is 23.0 Å². The fourth-order valence-electron chi connectivity index (χ4n) is 4.12. The molecule has 0 aromatic heterocycles. The number of carbonyl (C=O) groups excluding carboxylic acids is 1. The van der Waals surface area contributed by atoms with Crippen molar-refractivity contribution in [1.29, 1.82) is 0 Å². The molecule has 4 heteroatoms. The van der Waals surface area contributed by atoms with Crippen molar-refractivity contribution in [1.82, 2.24) is 0 Å². The Kier molecular flexibility index (Phi) is 6.13. The predicted molar refractivity (Wildman–Crippen MR) is 111 cm³/mol. The van der Waals surface area contributed by atoms with Crippen LogP contribution in [0.1, 0.15) is 36.8 Å². The van der Waals surface area contributed by atoms with E-state index in [-0.39, 0.29) is 23.9 Å². The van der Waals surface area contributed by atoms with Gasteiger partial charge in [0.2, 0.25) is 0 Å². The van der Waals surface area contributed by atoms with Crippen LogP contribution < -0.4 is 0 Å². The van der Waals surface area contributed by atoms with Crippen LogP contribution in [-0.4, -0.2) is 24.6 Å². The molecule has 1 aliphatic carbocycles. The minimum absolute atomic E-state index is 0.0696. The number of ether oxygens (including phenoxy) is 2. The van der Waals surface area contributed by atoms with Crippen molar-refractivity contribution in [2.75, 3.05) is 6.61 Å². The molecule has 0 spiro atoms. The molecule has 3 nitrogen and oxygen atoms in total. The number of fused-ring (bicyclic) bond motifs is 1. The van der Waals surface area contributed by atoms with E-state index in [0.717, 1.165) is 44.3 Å². The van der Waals surface area contributed by atoms with Crippen molar-refractivity contribution in [3.63, 3.8) is 0 Å². The van der Waals surface area contributed by atoms with Gasteiger partial charge in [-0.05, 0) is 48.9 Å². The van der Waals surface area contributed by atoms with Crippen LogP contribution in [0.2, 0.25) is 5.02 Å². The molecule has 1 heterocycles. The van der Waals surface area contributed by atoms with Gasteiger partial charge >= 0.3 is 0 Å². The molecule has 1 saturated carbocycles. The highest BCUT2D eigenvalue weighted by Gasteiger charge is 2.40. The summed E-state index contributed by atoms with van der Waals surface area (Å²) in [6.45, 7) is 0.747. The van der Waals surface area contributed by atoms with Gasteiger partial charge in [-0.15, -0.1) is 0 Å². The Morgan fingerprint density at radius 1 is 1.04 bits per heavy atom. The van der Waals surface area contributed by atoms with Gasteiger partial charge in [0.05, 0.1) is 23.9 Å². The monoisotopic (exact) mass is 396 g/mol. The smallest absolute Gasteiger partial charge is 0.173 e. The van der Waals surface area contributed by atoms with Crippen LogP contribution in [0.4, 0.5) is 0 Å². The third-order valence-electron chi connectivity index (χ3n) is 5.67. The molecule has 1 aliphatic heterocycles. The molecule has 0 radical (unpaired) electrons. The number of Topliss-reactive ketones (excluding diaryl/α,β-unsaturated/α-hetero) is 1. The second-order valence-corrected chi connectivity index (χ2v) is 8.02. The number of hydrogen-bond donors (Lipinski definition) is 0. The Hall–Kier alpha value is -2.10. The van der Waals surface area contributed by atoms with Crippen molar-refractivity contribution in [3.8, 4) is 0 Å². The second-order valence-electron chi connectivity index (χ2n) is 7.58. The van der Waals surface area contributed by atoms with Crippen molar-refractivity contribution < 1.29 is 14.3 Å². The number of rotatable bonds is 6. The molecule has 1 fully saturated rings. The van der Waals surface area contributed by atoms with E-state index in [1.165, 1.54) is 5.56 Å². The predicted octanol–water partition coefficient (Wildman–Crippen LogP) is 5.47. The molecular formula is C24H25ClO3. The summed E-state index contributed by atoms with van der Waals surface area (Å²) in [5.74, 6) is 0.112. The molecule has 4 rings (SSSR count). The maximum Gasteiger partial charge on any atom is 0.173 e. The summed E-state index contributed by atoms with van der Waals surface area (Å²) in [6, 6.07) is 17.8. The molecule has 3 unspecified atom stereocenters. The number of carbonyl (C=O) groups is 1. The average molecular weight is 397 g/mol. The molecule has 0 amide bonds. The molecule has 28 heavy (non-hydrogen) atoms. The fraction of sp³-hybridized carbons (Fsp3) is 0.375. The summed E-state index contributed by atoms with van der Waals surface area (Å²) >= 11 is 5.95. The highest BCUT2D eigenvalue weighted by Crippen LogP contribution is 2.37. The molecule has 2 aromatic rings. The molecular weight excluding hydrogens is 372 g/mol. The highest BCUT2D eigenvalue weighted by molar-refractivity contribution is 6.30. The van der Waals surface area contributed by atoms with Crippen LogP contribution >= 0.6 is 11.6 Å². The molecule has 0 saturated heterocycles. The summed E-state index contributed by atoms with van der Waals surface area (Å²) in [5, 5.41) is 0.663. The van der Waals surface area contributed by atoms with Gasteiger partial charge in [-0.25, -0.2) is 0 Å². The first-order valence-corrected chi connectivity index (χ1v) is 10.4. The van der Waals surface area contributed by atoms with Gasteiger partial charge in [0.25, 0.3) is 0 Å². The zero-order valence-electron chi connectivity index (χ0n) is 15.9. The van der Waals surface area contributed by atoms with E-state index in [4.69, 9.17) is 21.1 Å². The Bertz CT molecular complexity index is 829. The third-order valence-corrected chi connectivity index (χ3v) is 5.92. The van der Waals surface area contributed by atoms with Crippen LogP contribution in [0.5, 0.6) is 0 Å². The van der Waals surface area contributed by atoms with E-state index < -0.39 is 0 Å². The summed E-state index contributed by atoms with van der Waals surface area (Å²) in [6.07, 6.45) is 6.28. The van der Waals surface area contributed by atoms with Crippen molar-refractivity contribution in [2.24, 2.45) is 5.92 Å². The lowest BCUT2D eigenvalue weighted by molar-refractivity contribution is -0.128. The Balaban J connectivity index is 1.29. The molecule has 0 bridgehead atoms. The van der Waals surface area contributed by atoms with Crippen LogP contribution in [0, 0.1) is 5.92 Å². The lowest BCUT2D eigenvalue weighted by Gasteiger charge is -2.37. The maximum absolute atomic E-state index is 12.9. The Morgan fingerprint density at radius 3 is 2.61 bits per heavy atom. The van der Waals surface area contributed by atoms with E-state index in [2.05, 4.69) is 24.3 Å².